The number of likely N-dealkylation sites (tertiary alicyclic amines) is 1. The van der Waals surface area contributed by atoms with Gasteiger partial charge in [-0.15, -0.1) is 6.58 Å². The Labute approximate surface area is 85.2 Å². The molecule has 2 aliphatic rings. The third-order valence-electron chi connectivity index (χ3n) is 2.91. The predicted molar refractivity (Wildman–Crippen MR) is 56.0 cm³/mol. The van der Waals surface area contributed by atoms with E-state index in [0.717, 1.165) is 25.9 Å². The fraction of sp³-hybridized carbons (Fsp3) is 0.727. The summed E-state index contributed by atoms with van der Waals surface area (Å²) in [6, 6.07) is 0.732. The largest absolute Gasteiger partial charge is 0.341 e. The van der Waals surface area contributed by atoms with Crippen LogP contribution in [0.1, 0.15) is 25.7 Å². The first-order valence-corrected chi connectivity index (χ1v) is 5.47. The van der Waals surface area contributed by atoms with E-state index in [1.807, 2.05) is 11.0 Å². The number of nitrogens with one attached hydrogen (secondary N) is 1. The van der Waals surface area contributed by atoms with Gasteiger partial charge in [0.15, 0.2) is 0 Å². The van der Waals surface area contributed by atoms with Gasteiger partial charge < -0.3 is 10.2 Å². The summed E-state index contributed by atoms with van der Waals surface area (Å²) in [5, 5.41) is 3.39. The highest BCUT2D eigenvalue weighted by Gasteiger charge is 2.34. The molecule has 0 aromatic rings. The summed E-state index contributed by atoms with van der Waals surface area (Å²) in [4.78, 5) is 13.7. The van der Waals surface area contributed by atoms with Crippen molar-refractivity contribution in [1.29, 1.82) is 0 Å². The highest BCUT2D eigenvalue weighted by molar-refractivity contribution is 5.84. The average molecular weight is 194 g/mol. The normalized spacial score (nSPS) is 27.0. The van der Waals surface area contributed by atoms with Gasteiger partial charge in [0.05, 0.1) is 6.04 Å². The molecular formula is C11H18N2O. The Morgan fingerprint density at radius 3 is 2.93 bits per heavy atom. The molecule has 3 nitrogen and oxygen atoms in total. The van der Waals surface area contributed by atoms with Crippen molar-refractivity contribution in [2.45, 2.75) is 37.8 Å². The summed E-state index contributed by atoms with van der Waals surface area (Å²) in [5.74, 6) is 0.291. The Bertz CT molecular complexity index is 235. The molecular weight excluding hydrogens is 176 g/mol. The van der Waals surface area contributed by atoms with E-state index in [1.54, 1.807) is 0 Å². The summed E-state index contributed by atoms with van der Waals surface area (Å²) in [6.45, 7) is 5.42. The molecule has 0 aromatic heterocycles. The molecule has 0 spiro atoms. The molecule has 2 rings (SSSR count). The second kappa shape index (κ2) is 4.13. The SMILES string of the molecule is C=CCCN1CCC(NC2CC2)C1=O. The minimum Gasteiger partial charge on any atom is -0.341 e. The van der Waals surface area contributed by atoms with Crippen molar-refractivity contribution in [3.8, 4) is 0 Å². The van der Waals surface area contributed by atoms with E-state index in [4.69, 9.17) is 0 Å². The summed E-state index contributed by atoms with van der Waals surface area (Å²) in [7, 11) is 0. The van der Waals surface area contributed by atoms with Crippen molar-refractivity contribution >= 4 is 5.91 Å². The van der Waals surface area contributed by atoms with E-state index in [-0.39, 0.29) is 6.04 Å². The molecule has 14 heavy (non-hydrogen) atoms. The first kappa shape index (κ1) is 9.71. The lowest BCUT2D eigenvalue weighted by Gasteiger charge is -2.15. The molecule has 1 unspecified atom stereocenters. The predicted octanol–water partition coefficient (Wildman–Crippen LogP) is 0.915. The Morgan fingerprint density at radius 2 is 2.29 bits per heavy atom. The molecule has 1 aliphatic heterocycles. The average Bonchev–Trinajstić information content (AvgIpc) is 2.93. The fourth-order valence-corrected chi connectivity index (χ4v) is 1.90. The van der Waals surface area contributed by atoms with Gasteiger partial charge in [0.1, 0.15) is 0 Å². The Balaban J connectivity index is 1.79. The zero-order chi connectivity index (χ0) is 9.97. The third kappa shape index (κ3) is 2.15. The van der Waals surface area contributed by atoms with E-state index in [1.165, 1.54) is 12.8 Å². The van der Waals surface area contributed by atoms with Gasteiger partial charge in [-0.2, -0.15) is 0 Å². The zero-order valence-electron chi connectivity index (χ0n) is 8.54. The summed E-state index contributed by atoms with van der Waals surface area (Å²) >= 11 is 0. The third-order valence-corrected chi connectivity index (χ3v) is 2.91. The first-order valence-electron chi connectivity index (χ1n) is 5.47. The van der Waals surface area contributed by atoms with Gasteiger partial charge in [0.25, 0.3) is 0 Å². The Hall–Kier alpha value is -0.830. The highest BCUT2D eigenvalue weighted by Crippen LogP contribution is 2.22. The summed E-state index contributed by atoms with van der Waals surface area (Å²) in [5.41, 5.74) is 0. The maximum absolute atomic E-state index is 11.8. The minimum atomic E-state index is 0.104. The summed E-state index contributed by atoms with van der Waals surface area (Å²) in [6.07, 6.45) is 6.25. The first-order chi connectivity index (χ1) is 6.81. The maximum Gasteiger partial charge on any atom is 0.239 e. The van der Waals surface area contributed by atoms with Crippen LogP contribution in [0.25, 0.3) is 0 Å². The van der Waals surface area contributed by atoms with Crippen LogP contribution in [-0.2, 0) is 4.79 Å². The molecule has 0 radical (unpaired) electrons. The number of carbonyl (C=O) groups is 1. The molecule has 0 aromatic carbocycles. The zero-order valence-corrected chi connectivity index (χ0v) is 8.54. The Morgan fingerprint density at radius 1 is 1.50 bits per heavy atom. The van der Waals surface area contributed by atoms with Gasteiger partial charge in [-0.05, 0) is 25.7 Å². The number of rotatable bonds is 5. The van der Waals surface area contributed by atoms with Crippen LogP contribution in [0.15, 0.2) is 12.7 Å². The molecule has 1 aliphatic carbocycles. The second-order valence-electron chi connectivity index (χ2n) is 4.18. The molecule has 1 amide bonds. The van der Waals surface area contributed by atoms with E-state index in [9.17, 15) is 4.79 Å². The van der Waals surface area contributed by atoms with E-state index in [2.05, 4.69) is 11.9 Å². The van der Waals surface area contributed by atoms with Crippen LogP contribution in [0.4, 0.5) is 0 Å². The molecule has 3 heteroatoms. The van der Waals surface area contributed by atoms with Crippen molar-refractivity contribution in [2.75, 3.05) is 13.1 Å². The molecule has 1 saturated carbocycles. The van der Waals surface area contributed by atoms with Crippen molar-refractivity contribution in [3.05, 3.63) is 12.7 Å². The van der Waals surface area contributed by atoms with Crippen molar-refractivity contribution in [2.24, 2.45) is 0 Å². The van der Waals surface area contributed by atoms with Crippen molar-refractivity contribution in [1.82, 2.24) is 10.2 Å². The molecule has 1 heterocycles. The topological polar surface area (TPSA) is 32.3 Å². The van der Waals surface area contributed by atoms with Gasteiger partial charge >= 0.3 is 0 Å². The quantitative estimate of drug-likeness (QED) is 0.660. The fourth-order valence-electron chi connectivity index (χ4n) is 1.90. The number of carbonyl (C=O) groups excluding carboxylic acids is 1. The van der Waals surface area contributed by atoms with Crippen LogP contribution in [0.3, 0.4) is 0 Å². The lowest BCUT2D eigenvalue weighted by atomic mass is 10.2. The minimum absolute atomic E-state index is 0.104. The number of amides is 1. The van der Waals surface area contributed by atoms with E-state index < -0.39 is 0 Å². The standard InChI is InChI=1S/C11H18N2O/c1-2-3-7-13-8-6-10(11(13)14)12-9-4-5-9/h2,9-10,12H,1,3-8H2. The number of nitrogens with zero attached hydrogens (tertiary/aromatic N) is 1. The van der Waals surface area contributed by atoms with Gasteiger partial charge in [-0.3, -0.25) is 4.79 Å². The summed E-state index contributed by atoms with van der Waals surface area (Å²) < 4.78 is 0. The van der Waals surface area contributed by atoms with Crippen molar-refractivity contribution < 1.29 is 4.79 Å². The smallest absolute Gasteiger partial charge is 0.239 e. The van der Waals surface area contributed by atoms with Gasteiger partial charge in [0, 0.05) is 19.1 Å². The van der Waals surface area contributed by atoms with Gasteiger partial charge in [0.2, 0.25) is 5.91 Å². The van der Waals surface area contributed by atoms with Crippen LogP contribution >= 0.6 is 0 Å². The van der Waals surface area contributed by atoms with Crippen LogP contribution in [0.5, 0.6) is 0 Å². The van der Waals surface area contributed by atoms with Crippen LogP contribution in [-0.4, -0.2) is 36.0 Å². The molecule has 1 N–H and O–H groups in total. The number of hydrogen-bond acceptors (Lipinski definition) is 2. The molecule has 1 saturated heterocycles. The number of hydrogen-bond donors (Lipinski definition) is 1. The lowest BCUT2D eigenvalue weighted by Crippen LogP contribution is -2.39. The van der Waals surface area contributed by atoms with Gasteiger partial charge in [-0.1, -0.05) is 6.08 Å². The van der Waals surface area contributed by atoms with Crippen molar-refractivity contribution in [3.63, 3.8) is 0 Å². The second-order valence-corrected chi connectivity index (χ2v) is 4.18. The van der Waals surface area contributed by atoms with Gasteiger partial charge in [-0.25, -0.2) is 0 Å². The monoisotopic (exact) mass is 194 g/mol. The lowest BCUT2D eigenvalue weighted by molar-refractivity contribution is -0.129. The Kier molecular flexibility index (Phi) is 2.87. The molecule has 0 bridgehead atoms. The highest BCUT2D eigenvalue weighted by atomic mass is 16.2. The van der Waals surface area contributed by atoms with Crippen LogP contribution < -0.4 is 5.32 Å². The van der Waals surface area contributed by atoms with E-state index in [0.29, 0.717) is 11.9 Å². The van der Waals surface area contributed by atoms with Crippen LogP contribution in [0.2, 0.25) is 0 Å². The van der Waals surface area contributed by atoms with Crippen LogP contribution in [0, 0.1) is 0 Å². The molecule has 1 atom stereocenters. The molecule has 2 fully saturated rings. The van der Waals surface area contributed by atoms with E-state index >= 15 is 0 Å². The maximum atomic E-state index is 11.8. The molecule has 78 valence electrons.